The zero-order valence-electron chi connectivity index (χ0n) is 17.8. The number of hydrogen-bond donors (Lipinski definition) is 1. The van der Waals surface area contributed by atoms with Gasteiger partial charge in [0.05, 0.1) is 11.3 Å². The summed E-state index contributed by atoms with van der Waals surface area (Å²) in [6.07, 6.45) is 1.11. The first-order valence-corrected chi connectivity index (χ1v) is 10.2. The molecule has 160 valence electrons. The lowest BCUT2D eigenvalue weighted by atomic mass is 10.0. The topological polar surface area (TPSA) is 92.6 Å². The first-order chi connectivity index (χ1) is 14.4. The normalized spacial score (nSPS) is 11.6. The summed E-state index contributed by atoms with van der Waals surface area (Å²) in [4.78, 5) is 38.4. The molecule has 7 heteroatoms. The van der Waals surface area contributed by atoms with Crippen LogP contribution < -0.4 is 5.32 Å². The second kappa shape index (κ2) is 11.1. The average molecular weight is 412 g/mol. The van der Waals surface area contributed by atoms with Gasteiger partial charge in [-0.1, -0.05) is 61.9 Å². The molecule has 0 aliphatic rings. The minimum Gasteiger partial charge on any atom is -0.354 e. The Bertz CT molecular complexity index is 898. The number of nitro groups is 1. The van der Waals surface area contributed by atoms with Gasteiger partial charge < -0.3 is 10.2 Å². The van der Waals surface area contributed by atoms with E-state index in [-0.39, 0.29) is 30.5 Å². The van der Waals surface area contributed by atoms with E-state index >= 15 is 0 Å². The predicted molar refractivity (Wildman–Crippen MR) is 116 cm³/mol. The van der Waals surface area contributed by atoms with E-state index in [9.17, 15) is 19.7 Å². The van der Waals surface area contributed by atoms with Gasteiger partial charge in [0.25, 0.3) is 5.69 Å². The van der Waals surface area contributed by atoms with Crippen LogP contribution in [0.3, 0.4) is 0 Å². The number of nitrogens with zero attached hydrogens (tertiary/aromatic N) is 2. The van der Waals surface area contributed by atoms with Crippen molar-refractivity contribution in [3.05, 3.63) is 75.3 Å². The maximum Gasteiger partial charge on any atom is 0.273 e. The molecule has 0 saturated heterocycles. The maximum absolute atomic E-state index is 13.3. The Balaban J connectivity index is 2.35. The molecule has 0 saturated carbocycles. The van der Waals surface area contributed by atoms with E-state index in [1.165, 1.54) is 11.0 Å². The van der Waals surface area contributed by atoms with Crippen molar-refractivity contribution in [3.8, 4) is 0 Å². The monoisotopic (exact) mass is 411 g/mol. The number of aryl methyl sites for hydroxylation is 1. The largest absolute Gasteiger partial charge is 0.354 e. The number of para-hydroxylation sites is 1. The van der Waals surface area contributed by atoms with Crippen LogP contribution in [0.15, 0.2) is 48.5 Å². The van der Waals surface area contributed by atoms with Gasteiger partial charge in [-0.25, -0.2) is 0 Å². The molecule has 0 radical (unpaired) electrons. The minimum atomic E-state index is -0.646. The van der Waals surface area contributed by atoms with Crippen LogP contribution >= 0.6 is 0 Å². The summed E-state index contributed by atoms with van der Waals surface area (Å²) in [5, 5.41) is 14.2. The highest BCUT2D eigenvalue weighted by molar-refractivity contribution is 5.88. The molecule has 0 aliphatic heterocycles. The van der Waals surface area contributed by atoms with Gasteiger partial charge in [0.2, 0.25) is 11.8 Å². The van der Waals surface area contributed by atoms with Crippen molar-refractivity contribution in [1.29, 1.82) is 0 Å². The highest BCUT2D eigenvalue weighted by Crippen LogP contribution is 2.21. The summed E-state index contributed by atoms with van der Waals surface area (Å²) in [7, 11) is 0. The van der Waals surface area contributed by atoms with Crippen molar-refractivity contribution in [2.24, 2.45) is 0 Å². The zero-order valence-corrected chi connectivity index (χ0v) is 17.8. The number of nitrogens with one attached hydrogen (secondary N) is 1. The second-order valence-corrected chi connectivity index (χ2v) is 7.29. The van der Waals surface area contributed by atoms with E-state index in [2.05, 4.69) is 5.32 Å². The van der Waals surface area contributed by atoms with Gasteiger partial charge in [-0.2, -0.15) is 0 Å². The third-order valence-corrected chi connectivity index (χ3v) is 4.90. The van der Waals surface area contributed by atoms with E-state index < -0.39 is 11.0 Å². The molecule has 0 heterocycles. The van der Waals surface area contributed by atoms with Gasteiger partial charge in [0.1, 0.15) is 6.04 Å². The molecular weight excluding hydrogens is 382 g/mol. The number of benzene rings is 2. The fourth-order valence-corrected chi connectivity index (χ4v) is 3.40. The number of nitro benzene ring substituents is 1. The van der Waals surface area contributed by atoms with Crippen LogP contribution in [0.5, 0.6) is 0 Å². The van der Waals surface area contributed by atoms with Gasteiger partial charge in [0, 0.05) is 24.7 Å². The van der Waals surface area contributed by atoms with Crippen molar-refractivity contribution in [3.63, 3.8) is 0 Å². The Morgan fingerprint density at radius 2 is 1.87 bits per heavy atom. The molecule has 1 atom stereocenters. The van der Waals surface area contributed by atoms with E-state index in [1.807, 2.05) is 45.0 Å². The Hall–Kier alpha value is -3.22. The van der Waals surface area contributed by atoms with E-state index in [4.69, 9.17) is 0 Å². The maximum atomic E-state index is 13.3. The lowest BCUT2D eigenvalue weighted by molar-refractivity contribution is -0.385. The van der Waals surface area contributed by atoms with Crippen LogP contribution in [0, 0.1) is 17.0 Å². The van der Waals surface area contributed by atoms with E-state index in [0.29, 0.717) is 18.5 Å². The Kier molecular flexibility index (Phi) is 8.53. The zero-order chi connectivity index (χ0) is 22.1. The highest BCUT2D eigenvalue weighted by Gasteiger charge is 2.29. The van der Waals surface area contributed by atoms with Crippen LogP contribution in [0.2, 0.25) is 0 Å². The number of carbonyl (C=O) groups is 2. The van der Waals surface area contributed by atoms with Gasteiger partial charge >= 0.3 is 0 Å². The molecular formula is C23H29N3O4. The molecule has 1 unspecified atom stereocenters. The molecule has 0 aromatic heterocycles. The number of carbonyl (C=O) groups excluding carboxylic acids is 2. The minimum absolute atomic E-state index is 0.0927. The average Bonchev–Trinajstić information content (AvgIpc) is 2.72. The molecule has 2 aromatic rings. The molecule has 2 rings (SSSR count). The lowest BCUT2D eigenvalue weighted by Gasteiger charge is -2.31. The molecule has 2 aromatic carbocycles. The van der Waals surface area contributed by atoms with Crippen LogP contribution in [0.25, 0.3) is 0 Å². The fraction of sp³-hybridized carbons (Fsp3) is 0.391. The molecule has 0 fully saturated rings. The van der Waals surface area contributed by atoms with Crippen molar-refractivity contribution >= 4 is 17.5 Å². The summed E-state index contributed by atoms with van der Waals surface area (Å²) in [6.45, 7) is 6.59. The van der Waals surface area contributed by atoms with Gasteiger partial charge in [-0.3, -0.25) is 19.7 Å². The van der Waals surface area contributed by atoms with E-state index in [1.54, 1.807) is 18.2 Å². The molecule has 1 N–H and O–H groups in total. The Morgan fingerprint density at radius 1 is 1.13 bits per heavy atom. The SMILES string of the molecule is CCCNC(=O)C(CC)N(Cc1cccc(C)c1)C(=O)Cc1ccccc1[N+](=O)[O-]. The second-order valence-electron chi connectivity index (χ2n) is 7.29. The lowest BCUT2D eigenvalue weighted by Crippen LogP contribution is -2.49. The Morgan fingerprint density at radius 3 is 2.50 bits per heavy atom. The van der Waals surface area contributed by atoms with Crippen molar-refractivity contribution < 1.29 is 14.5 Å². The third kappa shape index (κ3) is 6.14. The molecule has 0 spiro atoms. The third-order valence-electron chi connectivity index (χ3n) is 4.90. The molecule has 30 heavy (non-hydrogen) atoms. The van der Waals surface area contributed by atoms with Gasteiger partial charge in [-0.15, -0.1) is 0 Å². The van der Waals surface area contributed by atoms with Crippen LogP contribution in [-0.2, 0) is 22.6 Å². The molecule has 7 nitrogen and oxygen atoms in total. The molecule has 0 bridgehead atoms. The summed E-state index contributed by atoms with van der Waals surface area (Å²) in [5.41, 5.74) is 2.21. The Labute approximate surface area is 177 Å². The summed E-state index contributed by atoms with van der Waals surface area (Å²) < 4.78 is 0. The number of hydrogen-bond acceptors (Lipinski definition) is 4. The fourth-order valence-electron chi connectivity index (χ4n) is 3.40. The van der Waals surface area contributed by atoms with Crippen LogP contribution in [0.4, 0.5) is 5.69 Å². The van der Waals surface area contributed by atoms with Crippen LogP contribution in [0.1, 0.15) is 43.4 Å². The van der Waals surface area contributed by atoms with Crippen molar-refractivity contribution in [1.82, 2.24) is 10.2 Å². The molecule has 0 aliphatic carbocycles. The predicted octanol–water partition coefficient (Wildman–Crippen LogP) is 3.78. The molecule has 2 amide bonds. The summed E-state index contributed by atoms with van der Waals surface area (Å²) >= 11 is 0. The van der Waals surface area contributed by atoms with Crippen LogP contribution in [-0.4, -0.2) is 34.2 Å². The number of amides is 2. The van der Waals surface area contributed by atoms with Gasteiger partial charge in [0.15, 0.2) is 0 Å². The van der Waals surface area contributed by atoms with Crippen molar-refractivity contribution in [2.45, 2.75) is 52.6 Å². The number of rotatable bonds is 10. The smallest absolute Gasteiger partial charge is 0.273 e. The summed E-state index contributed by atoms with van der Waals surface area (Å²) in [5.74, 6) is -0.521. The first kappa shape index (κ1) is 23.1. The standard InChI is InChI=1S/C23H29N3O4/c1-4-13-24-23(28)20(5-2)25(16-18-10-8-9-17(3)14-18)22(27)15-19-11-6-7-12-21(19)26(29)30/h6-12,14,20H,4-5,13,15-16H2,1-3H3,(H,24,28). The summed E-state index contributed by atoms with van der Waals surface area (Å²) in [6, 6.07) is 13.3. The first-order valence-electron chi connectivity index (χ1n) is 10.2. The van der Waals surface area contributed by atoms with E-state index in [0.717, 1.165) is 17.5 Å². The van der Waals surface area contributed by atoms with Crippen molar-refractivity contribution in [2.75, 3.05) is 6.54 Å². The van der Waals surface area contributed by atoms with Gasteiger partial charge in [-0.05, 0) is 25.3 Å². The quantitative estimate of drug-likeness (QED) is 0.476. The highest BCUT2D eigenvalue weighted by atomic mass is 16.6.